The van der Waals surface area contributed by atoms with Gasteiger partial charge in [-0.1, -0.05) is 12.1 Å². The van der Waals surface area contributed by atoms with Crippen LogP contribution in [0.4, 0.5) is 5.82 Å². The quantitative estimate of drug-likeness (QED) is 0.498. The largest absolute Gasteiger partial charge is 0.490 e. The summed E-state index contributed by atoms with van der Waals surface area (Å²) >= 11 is 0. The van der Waals surface area contributed by atoms with Gasteiger partial charge in [0, 0.05) is 39.4 Å². The molecule has 0 aliphatic rings. The summed E-state index contributed by atoms with van der Waals surface area (Å²) in [4.78, 5) is 10.8. The number of guanidine groups is 1. The molecule has 2 aromatic rings. The summed E-state index contributed by atoms with van der Waals surface area (Å²) in [5, 5.41) is 6.80. The molecule has 0 aliphatic heterocycles. The zero-order chi connectivity index (χ0) is 21.2. The second kappa shape index (κ2) is 11.1. The molecule has 2 rings (SSSR count). The molecule has 1 atom stereocenters. The topological polar surface area (TPSA) is 71.0 Å². The molecule has 0 aliphatic carbocycles. The van der Waals surface area contributed by atoms with Gasteiger partial charge < -0.3 is 25.0 Å². The first-order valence-electron chi connectivity index (χ1n) is 9.98. The molecular weight excluding hydrogens is 366 g/mol. The highest BCUT2D eigenvalue weighted by Crippen LogP contribution is 2.30. The van der Waals surface area contributed by atoms with Crippen LogP contribution >= 0.6 is 0 Å². The van der Waals surface area contributed by atoms with E-state index < -0.39 is 0 Å². The number of nitrogens with zero attached hydrogens (tertiary/aromatic N) is 3. The van der Waals surface area contributed by atoms with Crippen molar-refractivity contribution in [2.24, 2.45) is 4.99 Å². The summed E-state index contributed by atoms with van der Waals surface area (Å²) in [6.07, 6.45) is 1.80. The van der Waals surface area contributed by atoms with Crippen LogP contribution in [-0.4, -0.2) is 45.3 Å². The van der Waals surface area contributed by atoms with Gasteiger partial charge in [-0.25, -0.2) is 4.98 Å². The van der Waals surface area contributed by atoms with Gasteiger partial charge in [-0.2, -0.15) is 0 Å². The summed E-state index contributed by atoms with van der Waals surface area (Å²) < 4.78 is 11.4. The maximum atomic E-state index is 5.74. The minimum absolute atomic E-state index is 0.0401. The number of rotatable bonds is 9. The van der Waals surface area contributed by atoms with Crippen molar-refractivity contribution in [1.29, 1.82) is 0 Å². The molecule has 1 aromatic carbocycles. The average molecular weight is 400 g/mol. The Kier molecular flexibility index (Phi) is 8.58. The van der Waals surface area contributed by atoms with Crippen LogP contribution in [-0.2, 0) is 6.54 Å². The Morgan fingerprint density at radius 3 is 2.52 bits per heavy atom. The second-order valence-corrected chi connectivity index (χ2v) is 6.74. The molecule has 1 heterocycles. The average Bonchev–Trinajstić information content (AvgIpc) is 2.72. The fourth-order valence-corrected chi connectivity index (χ4v) is 2.97. The summed E-state index contributed by atoms with van der Waals surface area (Å²) in [6, 6.07) is 10.1. The number of pyridine rings is 1. The zero-order valence-corrected chi connectivity index (χ0v) is 18.3. The van der Waals surface area contributed by atoms with Gasteiger partial charge in [0.05, 0.1) is 19.3 Å². The van der Waals surface area contributed by atoms with Gasteiger partial charge in [0.25, 0.3) is 0 Å². The first kappa shape index (κ1) is 22.3. The second-order valence-electron chi connectivity index (χ2n) is 6.74. The highest BCUT2D eigenvalue weighted by molar-refractivity contribution is 5.80. The van der Waals surface area contributed by atoms with Crippen molar-refractivity contribution in [2.45, 2.75) is 33.4 Å². The van der Waals surface area contributed by atoms with Crippen molar-refractivity contribution >= 4 is 11.8 Å². The number of hydrogen-bond donors (Lipinski definition) is 2. The first-order valence-corrected chi connectivity index (χ1v) is 9.98. The van der Waals surface area contributed by atoms with Gasteiger partial charge in [0.15, 0.2) is 17.5 Å². The molecule has 1 unspecified atom stereocenters. The molecular formula is C22H33N5O2. The monoisotopic (exact) mass is 399 g/mol. The van der Waals surface area contributed by atoms with Crippen LogP contribution < -0.4 is 25.0 Å². The Bertz CT molecular complexity index is 808. The van der Waals surface area contributed by atoms with Crippen LogP contribution in [0.3, 0.4) is 0 Å². The van der Waals surface area contributed by atoms with E-state index >= 15 is 0 Å². The number of anilines is 1. The Labute approximate surface area is 174 Å². The Hall–Kier alpha value is -2.96. The molecule has 0 saturated carbocycles. The van der Waals surface area contributed by atoms with Gasteiger partial charge in [0.1, 0.15) is 5.82 Å². The molecule has 7 heteroatoms. The number of aromatic nitrogens is 1. The lowest BCUT2D eigenvalue weighted by Crippen LogP contribution is -2.38. The van der Waals surface area contributed by atoms with Crippen LogP contribution in [0.2, 0.25) is 0 Å². The van der Waals surface area contributed by atoms with E-state index in [4.69, 9.17) is 9.47 Å². The summed E-state index contributed by atoms with van der Waals surface area (Å²) in [6.45, 7) is 7.85. The highest BCUT2D eigenvalue weighted by Gasteiger charge is 2.13. The smallest absolute Gasteiger partial charge is 0.191 e. The van der Waals surface area contributed by atoms with E-state index in [2.05, 4.69) is 33.6 Å². The van der Waals surface area contributed by atoms with E-state index in [1.54, 1.807) is 13.2 Å². The fourth-order valence-electron chi connectivity index (χ4n) is 2.97. The molecule has 7 nitrogen and oxygen atoms in total. The lowest BCUT2D eigenvalue weighted by atomic mass is 10.1. The van der Waals surface area contributed by atoms with Crippen LogP contribution in [0.25, 0.3) is 0 Å². The molecule has 2 N–H and O–H groups in total. The van der Waals surface area contributed by atoms with Crippen molar-refractivity contribution in [3.05, 3.63) is 47.7 Å². The minimum Gasteiger partial charge on any atom is -0.490 e. The SMILES string of the molecule is CCOc1ccc(C(C)NC(=NC)NCc2cccnc2N(C)C)cc1OCC. The molecule has 0 saturated heterocycles. The normalized spacial score (nSPS) is 12.3. The van der Waals surface area contributed by atoms with Crippen LogP contribution in [0.15, 0.2) is 41.5 Å². The van der Waals surface area contributed by atoms with Crippen LogP contribution in [0.1, 0.15) is 37.9 Å². The highest BCUT2D eigenvalue weighted by atomic mass is 16.5. The van der Waals surface area contributed by atoms with E-state index in [0.29, 0.717) is 19.8 Å². The van der Waals surface area contributed by atoms with E-state index in [1.165, 1.54) is 0 Å². The third-order valence-corrected chi connectivity index (χ3v) is 4.38. The molecule has 0 radical (unpaired) electrons. The number of nitrogens with one attached hydrogen (secondary N) is 2. The van der Waals surface area contributed by atoms with Crippen molar-refractivity contribution in [2.75, 3.05) is 39.3 Å². The molecule has 1 aromatic heterocycles. The maximum absolute atomic E-state index is 5.74. The Balaban J connectivity index is 2.06. The van der Waals surface area contributed by atoms with Gasteiger partial charge in [-0.15, -0.1) is 0 Å². The van der Waals surface area contributed by atoms with Gasteiger partial charge in [0.2, 0.25) is 0 Å². The Morgan fingerprint density at radius 2 is 1.86 bits per heavy atom. The van der Waals surface area contributed by atoms with Gasteiger partial charge >= 0.3 is 0 Å². The lowest BCUT2D eigenvalue weighted by molar-refractivity contribution is 0.287. The third-order valence-electron chi connectivity index (χ3n) is 4.38. The van der Waals surface area contributed by atoms with Crippen molar-refractivity contribution in [1.82, 2.24) is 15.6 Å². The maximum Gasteiger partial charge on any atom is 0.191 e. The van der Waals surface area contributed by atoms with Crippen LogP contribution in [0, 0.1) is 0 Å². The van der Waals surface area contributed by atoms with Crippen molar-refractivity contribution in [3.63, 3.8) is 0 Å². The summed E-state index contributed by atoms with van der Waals surface area (Å²) in [5.74, 6) is 3.18. The molecule has 29 heavy (non-hydrogen) atoms. The number of hydrogen-bond acceptors (Lipinski definition) is 5. The van der Waals surface area contributed by atoms with Gasteiger partial charge in [-0.05, 0) is 44.5 Å². The third kappa shape index (κ3) is 6.27. The molecule has 0 spiro atoms. The van der Waals surface area contributed by atoms with E-state index in [1.807, 2.05) is 57.1 Å². The van der Waals surface area contributed by atoms with Gasteiger partial charge in [-0.3, -0.25) is 4.99 Å². The van der Waals surface area contributed by atoms with Crippen LogP contribution in [0.5, 0.6) is 11.5 Å². The standard InChI is InChI=1S/C22H33N5O2/c1-7-28-19-12-11-17(14-20(19)29-8-2)16(3)26-22(23-4)25-15-18-10-9-13-24-21(18)27(5)6/h9-14,16H,7-8,15H2,1-6H3,(H2,23,25,26). The van der Waals surface area contributed by atoms with Crippen molar-refractivity contribution < 1.29 is 9.47 Å². The molecule has 0 bridgehead atoms. The molecule has 158 valence electrons. The predicted octanol–water partition coefficient (Wildman–Crippen LogP) is 3.37. The van der Waals surface area contributed by atoms with E-state index in [0.717, 1.165) is 34.4 Å². The minimum atomic E-state index is 0.0401. The first-order chi connectivity index (χ1) is 14.0. The molecule has 0 fully saturated rings. The van der Waals surface area contributed by atoms with E-state index in [9.17, 15) is 0 Å². The zero-order valence-electron chi connectivity index (χ0n) is 18.3. The van der Waals surface area contributed by atoms with E-state index in [-0.39, 0.29) is 6.04 Å². The number of benzene rings is 1. The lowest BCUT2D eigenvalue weighted by Gasteiger charge is -2.21. The van der Waals surface area contributed by atoms with Crippen molar-refractivity contribution in [3.8, 4) is 11.5 Å². The molecule has 0 amide bonds. The summed E-state index contributed by atoms with van der Waals surface area (Å²) in [7, 11) is 5.74. The summed E-state index contributed by atoms with van der Waals surface area (Å²) in [5.41, 5.74) is 2.20. The fraction of sp³-hybridized carbons (Fsp3) is 0.455. The Morgan fingerprint density at radius 1 is 1.14 bits per heavy atom. The number of ether oxygens (including phenoxy) is 2. The predicted molar refractivity (Wildman–Crippen MR) is 119 cm³/mol. The number of aliphatic imine (C=N–C) groups is 1.